The van der Waals surface area contributed by atoms with Crippen LogP contribution in [0.1, 0.15) is 38.1 Å². The van der Waals surface area contributed by atoms with Gasteiger partial charge in [-0.25, -0.2) is 0 Å². The highest BCUT2D eigenvalue weighted by Crippen LogP contribution is 2.24. The van der Waals surface area contributed by atoms with Crippen LogP contribution in [0.2, 0.25) is 0 Å². The molecule has 0 amide bonds. The van der Waals surface area contributed by atoms with Crippen molar-refractivity contribution in [3.8, 4) is 11.5 Å². The van der Waals surface area contributed by atoms with E-state index in [0.717, 1.165) is 29.9 Å². The molecule has 1 aromatic carbocycles. The SMILES string of the molecule is CCCOc1ccc(/C=N\n2c(C)n[nH]c2=S)c(OCCC)c1. The molecule has 1 N–H and O–H groups in total. The summed E-state index contributed by atoms with van der Waals surface area (Å²) >= 11 is 5.14. The second-order valence-corrected chi connectivity index (χ2v) is 5.42. The van der Waals surface area contributed by atoms with Gasteiger partial charge in [-0.1, -0.05) is 13.8 Å². The molecule has 6 nitrogen and oxygen atoms in total. The molecule has 2 rings (SSSR count). The molecule has 1 aromatic heterocycles. The van der Waals surface area contributed by atoms with Gasteiger partial charge in [0, 0.05) is 11.6 Å². The molecule has 0 fully saturated rings. The Kier molecular flexibility index (Phi) is 6.34. The average Bonchev–Trinajstić information content (AvgIpc) is 2.88. The van der Waals surface area contributed by atoms with Crippen LogP contribution < -0.4 is 9.47 Å². The zero-order valence-electron chi connectivity index (χ0n) is 13.7. The topological polar surface area (TPSA) is 64.4 Å². The first-order valence-corrected chi connectivity index (χ1v) is 8.14. The Hall–Kier alpha value is -2.15. The molecule has 0 saturated carbocycles. The Morgan fingerprint density at radius 3 is 2.65 bits per heavy atom. The molecule has 0 unspecified atom stereocenters. The van der Waals surface area contributed by atoms with Crippen molar-refractivity contribution in [3.05, 3.63) is 34.4 Å². The lowest BCUT2D eigenvalue weighted by Gasteiger charge is -2.11. The molecule has 0 spiro atoms. The van der Waals surface area contributed by atoms with E-state index in [4.69, 9.17) is 21.7 Å². The third-order valence-electron chi connectivity index (χ3n) is 3.04. The summed E-state index contributed by atoms with van der Waals surface area (Å²) in [5.74, 6) is 2.24. The molecule has 0 atom stereocenters. The van der Waals surface area contributed by atoms with E-state index in [2.05, 4.69) is 29.1 Å². The number of aromatic amines is 1. The van der Waals surface area contributed by atoms with Crippen LogP contribution in [0, 0.1) is 11.7 Å². The Bertz CT molecular complexity index is 721. The number of benzene rings is 1. The summed E-state index contributed by atoms with van der Waals surface area (Å²) in [5.41, 5.74) is 0.866. The van der Waals surface area contributed by atoms with E-state index in [0.29, 0.717) is 23.8 Å². The molecule has 0 aliphatic carbocycles. The van der Waals surface area contributed by atoms with E-state index < -0.39 is 0 Å². The van der Waals surface area contributed by atoms with Crippen molar-refractivity contribution in [2.75, 3.05) is 13.2 Å². The smallest absolute Gasteiger partial charge is 0.216 e. The average molecular weight is 334 g/mol. The molecule has 0 saturated heterocycles. The van der Waals surface area contributed by atoms with Gasteiger partial charge >= 0.3 is 0 Å². The van der Waals surface area contributed by atoms with Crippen LogP contribution in [-0.4, -0.2) is 34.3 Å². The summed E-state index contributed by atoms with van der Waals surface area (Å²) in [6, 6.07) is 5.74. The van der Waals surface area contributed by atoms with Gasteiger partial charge in [0.05, 0.1) is 19.4 Å². The van der Waals surface area contributed by atoms with Gasteiger partial charge in [0.1, 0.15) is 17.3 Å². The predicted molar refractivity (Wildman–Crippen MR) is 93.2 cm³/mol. The van der Waals surface area contributed by atoms with Crippen LogP contribution in [0.3, 0.4) is 0 Å². The Morgan fingerprint density at radius 2 is 2.00 bits per heavy atom. The third-order valence-corrected chi connectivity index (χ3v) is 3.31. The second kappa shape index (κ2) is 8.47. The lowest BCUT2D eigenvalue weighted by atomic mass is 10.2. The number of H-pyrrole nitrogens is 1. The number of nitrogens with zero attached hydrogens (tertiary/aromatic N) is 3. The number of aryl methyl sites for hydroxylation is 1. The van der Waals surface area contributed by atoms with Crippen LogP contribution in [0.4, 0.5) is 0 Å². The molecule has 1 heterocycles. The lowest BCUT2D eigenvalue weighted by Crippen LogP contribution is -2.02. The fourth-order valence-electron chi connectivity index (χ4n) is 1.89. The normalized spacial score (nSPS) is 11.1. The quantitative estimate of drug-likeness (QED) is 0.590. The van der Waals surface area contributed by atoms with E-state index in [1.54, 1.807) is 10.9 Å². The number of aromatic nitrogens is 3. The molecule has 0 aliphatic rings. The van der Waals surface area contributed by atoms with E-state index in [1.807, 2.05) is 25.1 Å². The van der Waals surface area contributed by atoms with Gasteiger partial charge < -0.3 is 9.47 Å². The molecule has 0 radical (unpaired) electrons. The highest BCUT2D eigenvalue weighted by Gasteiger charge is 2.06. The maximum Gasteiger partial charge on any atom is 0.216 e. The Labute approximate surface area is 141 Å². The van der Waals surface area contributed by atoms with E-state index in [1.165, 1.54) is 0 Å². The van der Waals surface area contributed by atoms with Crippen LogP contribution in [0.15, 0.2) is 23.3 Å². The first-order valence-electron chi connectivity index (χ1n) is 7.73. The Morgan fingerprint density at radius 1 is 1.26 bits per heavy atom. The number of hydrogen-bond donors (Lipinski definition) is 1. The molecule has 7 heteroatoms. The van der Waals surface area contributed by atoms with Crippen LogP contribution >= 0.6 is 12.2 Å². The van der Waals surface area contributed by atoms with Crippen molar-refractivity contribution >= 4 is 18.4 Å². The largest absolute Gasteiger partial charge is 0.493 e. The highest BCUT2D eigenvalue weighted by atomic mass is 32.1. The summed E-state index contributed by atoms with van der Waals surface area (Å²) in [5, 5.41) is 11.1. The maximum absolute atomic E-state index is 5.81. The van der Waals surface area contributed by atoms with Gasteiger partial charge in [-0.05, 0) is 44.1 Å². The first kappa shape index (κ1) is 17.2. The predicted octanol–water partition coefficient (Wildman–Crippen LogP) is 3.71. The summed E-state index contributed by atoms with van der Waals surface area (Å²) in [6.45, 7) is 7.30. The molecule has 2 aromatic rings. The molecule has 23 heavy (non-hydrogen) atoms. The number of ether oxygens (including phenoxy) is 2. The molecular formula is C16H22N4O2S. The Balaban J connectivity index is 2.27. The number of hydrogen-bond acceptors (Lipinski definition) is 5. The van der Waals surface area contributed by atoms with Gasteiger partial charge in [0.2, 0.25) is 4.77 Å². The number of rotatable bonds is 8. The van der Waals surface area contributed by atoms with Crippen molar-refractivity contribution in [2.45, 2.75) is 33.6 Å². The standard InChI is InChI=1S/C16H22N4O2S/c1-4-8-21-14-7-6-13(15(10-14)22-9-5-2)11-17-20-12(3)18-19-16(20)23/h6-7,10-11H,4-5,8-9H2,1-3H3,(H,19,23)/b17-11-. The maximum atomic E-state index is 5.81. The fraction of sp³-hybridized carbons (Fsp3) is 0.438. The molecular weight excluding hydrogens is 312 g/mol. The van der Waals surface area contributed by atoms with E-state index in [-0.39, 0.29) is 0 Å². The second-order valence-electron chi connectivity index (χ2n) is 5.03. The minimum atomic E-state index is 0.456. The van der Waals surface area contributed by atoms with Gasteiger partial charge in [-0.3, -0.25) is 5.10 Å². The number of nitrogens with one attached hydrogen (secondary N) is 1. The van der Waals surface area contributed by atoms with Crippen molar-refractivity contribution in [2.24, 2.45) is 5.10 Å². The first-order chi connectivity index (χ1) is 11.2. The fourth-order valence-corrected chi connectivity index (χ4v) is 2.12. The van der Waals surface area contributed by atoms with E-state index >= 15 is 0 Å². The summed E-state index contributed by atoms with van der Waals surface area (Å²) in [6.07, 6.45) is 3.61. The summed E-state index contributed by atoms with van der Waals surface area (Å²) in [4.78, 5) is 0. The minimum absolute atomic E-state index is 0.456. The van der Waals surface area contributed by atoms with Gasteiger partial charge in [-0.2, -0.15) is 14.9 Å². The van der Waals surface area contributed by atoms with Gasteiger partial charge in [0.25, 0.3) is 0 Å². The molecule has 0 aliphatic heterocycles. The van der Waals surface area contributed by atoms with Gasteiger partial charge in [0.15, 0.2) is 0 Å². The van der Waals surface area contributed by atoms with Crippen molar-refractivity contribution in [1.29, 1.82) is 0 Å². The van der Waals surface area contributed by atoms with Crippen LogP contribution in [0.25, 0.3) is 0 Å². The van der Waals surface area contributed by atoms with Crippen LogP contribution in [0.5, 0.6) is 11.5 Å². The zero-order chi connectivity index (χ0) is 16.7. The van der Waals surface area contributed by atoms with Crippen molar-refractivity contribution in [3.63, 3.8) is 0 Å². The van der Waals surface area contributed by atoms with E-state index in [9.17, 15) is 0 Å². The van der Waals surface area contributed by atoms with Crippen molar-refractivity contribution in [1.82, 2.24) is 14.9 Å². The summed E-state index contributed by atoms with van der Waals surface area (Å²) < 4.78 is 13.5. The van der Waals surface area contributed by atoms with Gasteiger partial charge in [-0.15, -0.1) is 0 Å². The third kappa shape index (κ3) is 4.66. The van der Waals surface area contributed by atoms with Crippen molar-refractivity contribution < 1.29 is 9.47 Å². The lowest BCUT2D eigenvalue weighted by molar-refractivity contribution is 0.301. The molecule has 0 bridgehead atoms. The highest BCUT2D eigenvalue weighted by molar-refractivity contribution is 7.71. The van der Waals surface area contributed by atoms with Crippen LogP contribution in [-0.2, 0) is 0 Å². The minimum Gasteiger partial charge on any atom is -0.493 e. The summed E-state index contributed by atoms with van der Waals surface area (Å²) in [7, 11) is 0. The zero-order valence-corrected chi connectivity index (χ0v) is 14.5. The monoisotopic (exact) mass is 334 g/mol. The molecule has 124 valence electrons.